The minimum absolute atomic E-state index is 0.373. The molecular formula is C7H9BrO2. The number of esters is 1. The van der Waals surface area contributed by atoms with Gasteiger partial charge in [-0.05, 0) is 13.8 Å². The maximum Gasteiger partial charge on any atom is 0.336 e. The first-order valence-electron chi connectivity index (χ1n) is 2.80. The van der Waals surface area contributed by atoms with E-state index in [-0.39, 0.29) is 5.97 Å². The number of alkyl halides is 1. The second-order valence-electron chi connectivity index (χ2n) is 2.21. The fourth-order valence-corrected chi connectivity index (χ4v) is 0.300. The normalized spacial score (nSPS) is 9.60. The summed E-state index contributed by atoms with van der Waals surface area (Å²) in [4.78, 5) is 10.9. The second-order valence-corrected chi connectivity index (χ2v) is 4.20. The summed E-state index contributed by atoms with van der Waals surface area (Å²) < 4.78 is 3.87. The van der Waals surface area contributed by atoms with E-state index < -0.39 is 4.32 Å². The molecule has 0 saturated carbocycles. The molecule has 0 fully saturated rings. The maximum absolute atomic E-state index is 10.9. The summed E-state index contributed by atoms with van der Waals surface area (Å²) in [5.74, 6) is 2.08. The average molecular weight is 205 g/mol. The highest BCUT2D eigenvalue weighted by Crippen LogP contribution is 2.16. The topological polar surface area (TPSA) is 26.3 Å². The first-order chi connectivity index (χ1) is 4.48. The number of ether oxygens (including phenoxy) is 1. The van der Waals surface area contributed by atoms with E-state index in [1.54, 1.807) is 20.8 Å². The third-order valence-corrected chi connectivity index (χ3v) is 1.05. The van der Waals surface area contributed by atoms with Gasteiger partial charge in [0.1, 0.15) is 10.4 Å². The van der Waals surface area contributed by atoms with Crippen LogP contribution >= 0.6 is 15.9 Å². The fourth-order valence-electron chi connectivity index (χ4n) is 0.219. The van der Waals surface area contributed by atoms with E-state index in [0.29, 0.717) is 0 Å². The van der Waals surface area contributed by atoms with Gasteiger partial charge in [0.2, 0.25) is 0 Å². The van der Waals surface area contributed by atoms with Crippen molar-refractivity contribution in [2.75, 3.05) is 0 Å². The van der Waals surface area contributed by atoms with Crippen LogP contribution in [0.25, 0.3) is 0 Å². The third-order valence-electron chi connectivity index (χ3n) is 0.731. The maximum atomic E-state index is 10.9. The molecule has 0 bridgehead atoms. The van der Waals surface area contributed by atoms with Gasteiger partial charge in [-0.1, -0.05) is 21.9 Å². The summed E-state index contributed by atoms with van der Waals surface area (Å²) in [6, 6.07) is 0. The highest BCUT2D eigenvalue weighted by atomic mass is 79.9. The van der Waals surface area contributed by atoms with Gasteiger partial charge >= 0.3 is 5.97 Å². The number of hydrogen-bond acceptors (Lipinski definition) is 2. The van der Waals surface area contributed by atoms with Crippen LogP contribution in [-0.4, -0.2) is 10.3 Å². The van der Waals surface area contributed by atoms with E-state index in [1.165, 1.54) is 0 Å². The molecule has 2 nitrogen and oxygen atoms in total. The first-order valence-corrected chi connectivity index (χ1v) is 3.59. The van der Waals surface area contributed by atoms with Crippen LogP contribution in [0.2, 0.25) is 0 Å². The van der Waals surface area contributed by atoms with Gasteiger partial charge in [-0.3, -0.25) is 0 Å². The second kappa shape index (κ2) is 3.62. The zero-order valence-electron chi connectivity index (χ0n) is 6.19. The minimum Gasteiger partial charge on any atom is -0.371 e. The molecule has 0 unspecified atom stereocenters. The van der Waals surface area contributed by atoms with E-state index in [9.17, 15) is 4.79 Å². The highest BCUT2D eigenvalue weighted by molar-refractivity contribution is 9.10. The molecule has 0 N–H and O–H groups in total. The Balaban J connectivity index is 3.95. The largest absolute Gasteiger partial charge is 0.371 e. The molecule has 0 amide bonds. The van der Waals surface area contributed by atoms with Crippen LogP contribution in [0, 0.1) is 12.0 Å². The van der Waals surface area contributed by atoms with Crippen molar-refractivity contribution in [2.45, 2.75) is 25.1 Å². The first kappa shape index (κ1) is 9.51. The van der Waals surface area contributed by atoms with Crippen molar-refractivity contribution in [3.63, 3.8) is 0 Å². The van der Waals surface area contributed by atoms with Crippen molar-refractivity contribution >= 4 is 21.9 Å². The summed E-state index contributed by atoms with van der Waals surface area (Å²) in [5.41, 5.74) is 0. The van der Waals surface area contributed by atoms with Gasteiger partial charge in [-0.2, -0.15) is 0 Å². The van der Waals surface area contributed by atoms with Gasteiger partial charge in [0, 0.05) is 6.92 Å². The van der Waals surface area contributed by atoms with Gasteiger partial charge in [-0.25, -0.2) is 4.79 Å². The molecule has 0 aromatic carbocycles. The number of rotatable bonds is 1. The van der Waals surface area contributed by atoms with Crippen LogP contribution in [0.15, 0.2) is 0 Å². The van der Waals surface area contributed by atoms with Crippen molar-refractivity contribution in [2.24, 2.45) is 0 Å². The van der Waals surface area contributed by atoms with Crippen LogP contribution in [0.4, 0.5) is 0 Å². The molecule has 0 radical (unpaired) electrons. The molecule has 0 atom stereocenters. The van der Waals surface area contributed by atoms with Crippen LogP contribution in [0.3, 0.4) is 0 Å². The molecule has 0 aliphatic heterocycles. The molecule has 56 valence electrons. The molecule has 0 spiro atoms. The Hall–Kier alpha value is -0.490. The number of halogens is 1. The molecule has 0 aromatic rings. The average Bonchev–Trinajstić information content (AvgIpc) is 1.80. The molecule has 0 rings (SSSR count). The van der Waals surface area contributed by atoms with Crippen LogP contribution in [0.5, 0.6) is 0 Å². The smallest absolute Gasteiger partial charge is 0.336 e. The molecule has 0 aliphatic carbocycles. The van der Waals surface area contributed by atoms with Crippen molar-refractivity contribution in [1.29, 1.82) is 0 Å². The quantitative estimate of drug-likeness (QED) is 0.370. The zero-order valence-corrected chi connectivity index (χ0v) is 7.78. The third kappa shape index (κ3) is 3.52. The van der Waals surface area contributed by atoms with Gasteiger partial charge < -0.3 is 4.74 Å². The lowest BCUT2D eigenvalue weighted by atomic mass is 10.2. The van der Waals surface area contributed by atoms with Crippen molar-refractivity contribution in [1.82, 2.24) is 0 Å². The fraction of sp³-hybridized carbons (Fsp3) is 0.571. The summed E-state index contributed by atoms with van der Waals surface area (Å²) >= 11 is 3.13. The lowest BCUT2D eigenvalue weighted by Crippen LogP contribution is -2.24. The Kier molecular flexibility index (Phi) is 3.45. The Morgan fingerprint density at radius 2 is 2.10 bits per heavy atom. The molecule has 3 heteroatoms. The molecular weight excluding hydrogens is 196 g/mol. The van der Waals surface area contributed by atoms with E-state index in [0.717, 1.165) is 0 Å². The summed E-state index contributed by atoms with van der Waals surface area (Å²) in [5, 5.41) is 0. The van der Waals surface area contributed by atoms with Gasteiger partial charge in [-0.15, -0.1) is 0 Å². The lowest BCUT2D eigenvalue weighted by molar-refractivity contribution is -0.138. The molecule has 0 aromatic heterocycles. The molecule has 0 heterocycles. The lowest BCUT2D eigenvalue weighted by Gasteiger charge is -2.09. The van der Waals surface area contributed by atoms with Crippen LogP contribution in [-0.2, 0) is 9.53 Å². The van der Waals surface area contributed by atoms with Gasteiger partial charge in [0.05, 0.1) is 0 Å². The Bertz CT molecular complexity index is 180. The van der Waals surface area contributed by atoms with Crippen molar-refractivity contribution in [3.05, 3.63) is 0 Å². The minimum atomic E-state index is -0.642. The summed E-state index contributed by atoms with van der Waals surface area (Å²) in [6.45, 7) is 5.01. The number of hydrogen-bond donors (Lipinski definition) is 0. The predicted molar refractivity (Wildman–Crippen MR) is 42.5 cm³/mol. The Morgan fingerprint density at radius 3 is 2.40 bits per heavy atom. The van der Waals surface area contributed by atoms with Crippen molar-refractivity contribution < 1.29 is 9.53 Å². The number of carbonyl (C=O) groups is 1. The predicted octanol–water partition coefficient (Wildman–Crippen LogP) is 1.68. The Morgan fingerprint density at radius 1 is 1.60 bits per heavy atom. The van der Waals surface area contributed by atoms with Crippen molar-refractivity contribution in [3.8, 4) is 12.0 Å². The SMILES string of the molecule is CC#COC(=O)C(C)(C)Br. The summed E-state index contributed by atoms with van der Waals surface area (Å²) in [7, 11) is 0. The Labute approximate surface area is 69.1 Å². The zero-order chi connectivity index (χ0) is 8.20. The molecule has 0 saturated heterocycles. The van der Waals surface area contributed by atoms with Gasteiger partial charge in [0.25, 0.3) is 0 Å². The van der Waals surface area contributed by atoms with Crippen LogP contribution in [0.1, 0.15) is 20.8 Å². The van der Waals surface area contributed by atoms with E-state index in [4.69, 9.17) is 0 Å². The van der Waals surface area contributed by atoms with E-state index in [2.05, 4.69) is 32.7 Å². The highest BCUT2D eigenvalue weighted by Gasteiger charge is 2.24. The van der Waals surface area contributed by atoms with Crippen LogP contribution < -0.4 is 0 Å². The monoisotopic (exact) mass is 204 g/mol. The molecule has 10 heavy (non-hydrogen) atoms. The molecule has 0 aliphatic rings. The van der Waals surface area contributed by atoms with E-state index >= 15 is 0 Å². The van der Waals surface area contributed by atoms with Gasteiger partial charge in [0.15, 0.2) is 0 Å². The van der Waals surface area contributed by atoms with E-state index in [1.807, 2.05) is 0 Å². The summed E-state index contributed by atoms with van der Waals surface area (Å²) in [6.07, 6.45) is 2.23. The standard InChI is InChI=1S/C7H9BrO2/c1-4-5-10-6(9)7(2,3)8/h1-3H3. The number of carbonyl (C=O) groups excluding carboxylic acids is 1.